The number of aromatic nitrogens is 1. The van der Waals surface area contributed by atoms with Gasteiger partial charge < -0.3 is 15.3 Å². The summed E-state index contributed by atoms with van der Waals surface area (Å²) in [7, 11) is 3.81. The van der Waals surface area contributed by atoms with Crippen molar-refractivity contribution in [3.05, 3.63) is 23.9 Å². The minimum atomic E-state index is -0.0745. The predicted molar refractivity (Wildman–Crippen MR) is 88.1 cm³/mol. The Hall–Kier alpha value is -1.62. The number of hydrogen-bond donors (Lipinski definition) is 2. The van der Waals surface area contributed by atoms with Gasteiger partial charge in [0.15, 0.2) is 0 Å². The molecule has 1 aromatic rings. The van der Waals surface area contributed by atoms with Gasteiger partial charge in [-0.1, -0.05) is 19.3 Å². The van der Waals surface area contributed by atoms with Crippen LogP contribution >= 0.6 is 0 Å². The second-order valence-corrected chi connectivity index (χ2v) is 6.29. The summed E-state index contributed by atoms with van der Waals surface area (Å²) in [5.74, 6) is 1.18. The van der Waals surface area contributed by atoms with E-state index < -0.39 is 0 Å². The molecule has 1 aliphatic carbocycles. The smallest absolute Gasteiger partial charge is 0.251 e. The van der Waals surface area contributed by atoms with Crippen molar-refractivity contribution in [2.75, 3.05) is 25.6 Å². The van der Waals surface area contributed by atoms with E-state index in [0.29, 0.717) is 17.9 Å². The average Bonchev–Trinajstić information content (AvgIpc) is 2.55. The summed E-state index contributed by atoms with van der Waals surface area (Å²) in [4.78, 5) is 18.6. The Balaban J connectivity index is 2.05. The molecule has 1 atom stereocenters. The third-order valence-corrected chi connectivity index (χ3v) is 4.44. The first kappa shape index (κ1) is 16.7. The van der Waals surface area contributed by atoms with Crippen molar-refractivity contribution in [1.29, 1.82) is 0 Å². The van der Waals surface area contributed by atoms with E-state index in [1.165, 1.54) is 19.3 Å². The fourth-order valence-electron chi connectivity index (χ4n) is 3.16. The number of nitrogens with zero attached hydrogens (tertiary/aromatic N) is 2. The number of aliphatic hydroxyl groups excluding tert-OH is 1. The number of amides is 1. The maximum absolute atomic E-state index is 12.5. The number of carbonyl (C=O) groups excluding carboxylic acids is 1. The van der Waals surface area contributed by atoms with Crippen LogP contribution in [0.3, 0.4) is 0 Å². The molecular formula is C17H27N3O2. The van der Waals surface area contributed by atoms with Gasteiger partial charge in [0.1, 0.15) is 5.82 Å². The van der Waals surface area contributed by atoms with Crippen LogP contribution in [0.15, 0.2) is 18.3 Å². The summed E-state index contributed by atoms with van der Waals surface area (Å²) in [6.07, 6.45) is 8.31. The first-order chi connectivity index (χ1) is 10.6. The molecule has 2 N–H and O–H groups in total. The van der Waals surface area contributed by atoms with Crippen LogP contribution in [0.5, 0.6) is 0 Å². The minimum Gasteiger partial charge on any atom is -0.396 e. The Kier molecular flexibility index (Phi) is 6.19. The molecule has 1 fully saturated rings. The number of pyridine rings is 1. The molecular weight excluding hydrogens is 278 g/mol. The van der Waals surface area contributed by atoms with Gasteiger partial charge in [0.2, 0.25) is 0 Å². The molecule has 2 rings (SSSR count). The molecule has 1 amide bonds. The van der Waals surface area contributed by atoms with Gasteiger partial charge in [0, 0.05) is 38.5 Å². The molecule has 1 aliphatic rings. The third kappa shape index (κ3) is 4.44. The Labute approximate surface area is 132 Å². The first-order valence-corrected chi connectivity index (χ1v) is 8.17. The monoisotopic (exact) mass is 305 g/mol. The quantitative estimate of drug-likeness (QED) is 0.846. The largest absolute Gasteiger partial charge is 0.396 e. The number of rotatable bonds is 6. The van der Waals surface area contributed by atoms with Crippen LogP contribution < -0.4 is 10.2 Å². The summed E-state index contributed by atoms with van der Waals surface area (Å²) < 4.78 is 0. The van der Waals surface area contributed by atoms with E-state index in [2.05, 4.69) is 10.3 Å². The zero-order valence-electron chi connectivity index (χ0n) is 13.6. The van der Waals surface area contributed by atoms with E-state index in [0.717, 1.165) is 18.7 Å². The Bertz CT molecular complexity index is 485. The molecule has 5 nitrogen and oxygen atoms in total. The number of nitrogens with one attached hydrogen (secondary N) is 1. The van der Waals surface area contributed by atoms with Gasteiger partial charge in [0.05, 0.1) is 0 Å². The molecule has 1 heterocycles. The van der Waals surface area contributed by atoms with Gasteiger partial charge in [-0.25, -0.2) is 4.98 Å². The van der Waals surface area contributed by atoms with Gasteiger partial charge in [-0.3, -0.25) is 4.79 Å². The number of aliphatic hydroxyl groups is 1. The lowest BCUT2D eigenvalue weighted by Gasteiger charge is -2.30. The number of carbonyl (C=O) groups is 1. The highest BCUT2D eigenvalue weighted by Gasteiger charge is 2.25. The molecule has 1 aromatic heterocycles. The SMILES string of the molecule is CN(C)c1cc(C(=O)NC(CCO)C2CCCCC2)ccn1. The maximum atomic E-state index is 12.5. The standard InChI is InChI=1S/C17H27N3O2/c1-20(2)16-12-14(8-10-18-16)17(22)19-15(9-11-21)13-6-4-3-5-7-13/h8,10,12-13,15,21H,3-7,9,11H2,1-2H3,(H,19,22). The van der Waals surface area contributed by atoms with E-state index in [4.69, 9.17) is 0 Å². The van der Waals surface area contributed by atoms with Crippen molar-refractivity contribution in [3.63, 3.8) is 0 Å². The molecule has 0 spiro atoms. The lowest BCUT2D eigenvalue weighted by atomic mass is 9.82. The van der Waals surface area contributed by atoms with Gasteiger partial charge >= 0.3 is 0 Å². The third-order valence-electron chi connectivity index (χ3n) is 4.44. The normalized spacial score (nSPS) is 17.0. The molecule has 0 aromatic carbocycles. The van der Waals surface area contributed by atoms with Crippen LogP contribution in [0.4, 0.5) is 5.82 Å². The summed E-state index contributed by atoms with van der Waals surface area (Å²) >= 11 is 0. The van der Waals surface area contributed by atoms with E-state index in [1.54, 1.807) is 18.3 Å². The summed E-state index contributed by atoms with van der Waals surface area (Å²) in [5, 5.41) is 12.4. The predicted octanol–water partition coefficient (Wildman–Crippen LogP) is 2.21. The molecule has 5 heteroatoms. The minimum absolute atomic E-state index is 0.0637. The second-order valence-electron chi connectivity index (χ2n) is 6.29. The van der Waals surface area contributed by atoms with Gasteiger partial charge in [-0.05, 0) is 37.3 Å². The Morgan fingerprint density at radius 3 is 2.77 bits per heavy atom. The first-order valence-electron chi connectivity index (χ1n) is 8.17. The average molecular weight is 305 g/mol. The van der Waals surface area contributed by atoms with Gasteiger partial charge in [0.25, 0.3) is 5.91 Å². The molecule has 1 unspecified atom stereocenters. The van der Waals surface area contributed by atoms with Crippen LogP contribution in [0, 0.1) is 5.92 Å². The summed E-state index contributed by atoms with van der Waals surface area (Å²) in [6, 6.07) is 3.60. The van der Waals surface area contributed by atoms with Crippen molar-refractivity contribution in [2.45, 2.75) is 44.6 Å². The zero-order chi connectivity index (χ0) is 15.9. The Morgan fingerprint density at radius 1 is 1.41 bits per heavy atom. The topological polar surface area (TPSA) is 65.5 Å². The van der Waals surface area contributed by atoms with E-state index >= 15 is 0 Å². The summed E-state index contributed by atoms with van der Waals surface area (Å²) in [5.41, 5.74) is 0.623. The van der Waals surface area contributed by atoms with Crippen LogP contribution in [-0.4, -0.2) is 42.7 Å². The van der Waals surface area contributed by atoms with Crippen molar-refractivity contribution >= 4 is 11.7 Å². The molecule has 122 valence electrons. The molecule has 1 saturated carbocycles. The van der Waals surface area contributed by atoms with E-state index in [1.807, 2.05) is 19.0 Å². The number of hydrogen-bond acceptors (Lipinski definition) is 4. The lowest BCUT2D eigenvalue weighted by molar-refractivity contribution is 0.0899. The molecule has 0 saturated heterocycles. The van der Waals surface area contributed by atoms with Crippen LogP contribution in [0.1, 0.15) is 48.9 Å². The molecule has 0 aliphatic heterocycles. The van der Waals surface area contributed by atoms with Crippen molar-refractivity contribution in [2.24, 2.45) is 5.92 Å². The van der Waals surface area contributed by atoms with Gasteiger partial charge in [-0.15, -0.1) is 0 Å². The van der Waals surface area contributed by atoms with Crippen LogP contribution in [0.2, 0.25) is 0 Å². The van der Waals surface area contributed by atoms with Gasteiger partial charge in [-0.2, -0.15) is 0 Å². The molecule has 0 radical (unpaired) electrons. The maximum Gasteiger partial charge on any atom is 0.251 e. The fourth-order valence-corrected chi connectivity index (χ4v) is 3.16. The van der Waals surface area contributed by atoms with Crippen molar-refractivity contribution in [1.82, 2.24) is 10.3 Å². The summed E-state index contributed by atoms with van der Waals surface area (Å²) in [6.45, 7) is 0.112. The van der Waals surface area contributed by atoms with E-state index in [-0.39, 0.29) is 18.6 Å². The highest BCUT2D eigenvalue weighted by Crippen LogP contribution is 2.28. The Morgan fingerprint density at radius 2 is 2.14 bits per heavy atom. The zero-order valence-corrected chi connectivity index (χ0v) is 13.6. The fraction of sp³-hybridized carbons (Fsp3) is 0.647. The number of anilines is 1. The van der Waals surface area contributed by atoms with Crippen molar-refractivity contribution < 1.29 is 9.90 Å². The molecule has 0 bridgehead atoms. The van der Waals surface area contributed by atoms with Crippen LogP contribution in [0.25, 0.3) is 0 Å². The second kappa shape index (κ2) is 8.13. The lowest BCUT2D eigenvalue weighted by Crippen LogP contribution is -2.41. The van der Waals surface area contributed by atoms with E-state index in [9.17, 15) is 9.90 Å². The molecule has 22 heavy (non-hydrogen) atoms. The van der Waals surface area contributed by atoms with Crippen LogP contribution in [-0.2, 0) is 0 Å². The highest BCUT2D eigenvalue weighted by molar-refractivity contribution is 5.95. The highest BCUT2D eigenvalue weighted by atomic mass is 16.3. The van der Waals surface area contributed by atoms with Crippen molar-refractivity contribution in [3.8, 4) is 0 Å².